The lowest BCUT2D eigenvalue weighted by Gasteiger charge is -2.07. The molecule has 0 atom stereocenters. The lowest BCUT2D eigenvalue weighted by molar-refractivity contribution is -0.139. The van der Waals surface area contributed by atoms with Gasteiger partial charge in [-0.25, -0.2) is 0 Å². The van der Waals surface area contributed by atoms with Gasteiger partial charge in [-0.15, -0.1) is 24.2 Å². The topological polar surface area (TPSA) is 50.1 Å². The maximum Gasteiger partial charge on any atom is 0.309 e. The SMILES string of the molecule is COC(=O)Cc1cc(S)c(CCl)c(C#N)c1. The summed E-state index contributed by atoms with van der Waals surface area (Å²) in [5.74, 6) is -0.129. The third-order valence-corrected chi connectivity index (χ3v) is 2.78. The number of nitrogens with zero attached hydrogens (tertiary/aromatic N) is 1. The quantitative estimate of drug-likeness (QED) is 0.512. The van der Waals surface area contributed by atoms with Crippen LogP contribution in [0.2, 0.25) is 0 Å². The van der Waals surface area contributed by atoms with E-state index < -0.39 is 0 Å². The van der Waals surface area contributed by atoms with Crippen LogP contribution in [-0.4, -0.2) is 13.1 Å². The van der Waals surface area contributed by atoms with E-state index in [0.717, 1.165) is 0 Å². The Balaban J connectivity index is 3.12. The van der Waals surface area contributed by atoms with Gasteiger partial charge in [0.25, 0.3) is 0 Å². The van der Waals surface area contributed by atoms with Gasteiger partial charge in [0.1, 0.15) is 0 Å². The van der Waals surface area contributed by atoms with Gasteiger partial charge in [0, 0.05) is 10.8 Å². The molecule has 3 nitrogen and oxygen atoms in total. The molecule has 0 spiro atoms. The fraction of sp³-hybridized carbons (Fsp3) is 0.273. The number of hydrogen-bond acceptors (Lipinski definition) is 4. The average Bonchev–Trinajstić information content (AvgIpc) is 2.28. The molecule has 1 aromatic carbocycles. The number of alkyl halides is 1. The first-order valence-electron chi connectivity index (χ1n) is 4.50. The Labute approximate surface area is 104 Å². The number of nitriles is 1. The van der Waals surface area contributed by atoms with Gasteiger partial charge in [0.15, 0.2) is 0 Å². The van der Waals surface area contributed by atoms with Gasteiger partial charge >= 0.3 is 5.97 Å². The summed E-state index contributed by atoms with van der Waals surface area (Å²) in [5.41, 5.74) is 1.82. The van der Waals surface area contributed by atoms with Gasteiger partial charge in [-0.3, -0.25) is 4.79 Å². The normalized spacial score (nSPS) is 9.62. The molecule has 0 fully saturated rings. The molecular formula is C11H10ClNO2S. The molecule has 0 saturated heterocycles. The first kappa shape index (κ1) is 12.9. The van der Waals surface area contributed by atoms with Gasteiger partial charge in [0.2, 0.25) is 0 Å². The van der Waals surface area contributed by atoms with Crippen molar-refractivity contribution in [2.24, 2.45) is 0 Å². The van der Waals surface area contributed by atoms with Crippen LogP contribution in [0.1, 0.15) is 16.7 Å². The first-order valence-corrected chi connectivity index (χ1v) is 5.48. The minimum absolute atomic E-state index is 0.126. The van der Waals surface area contributed by atoms with E-state index >= 15 is 0 Å². The number of ether oxygens (including phenoxy) is 1. The van der Waals surface area contributed by atoms with E-state index in [-0.39, 0.29) is 18.3 Å². The molecule has 0 bridgehead atoms. The third kappa shape index (κ3) is 2.91. The van der Waals surface area contributed by atoms with E-state index in [2.05, 4.69) is 17.4 Å². The summed E-state index contributed by atoms with van der Waals surface area (Å²) in [7, 11) is 1.32. The second-order valence-electron chi connectivity index (χ2n) is 3.14. The first-order chi connectivity index (χ1) is 7.62. The van der Waals surface area contributed by atoms with E-state index in [4.69, 9.17) is 16.9 Å². The molecule has 1 rings (SSSR count). The predicted octanol–water partition coefficient (Wildman–Crippen LogP) is 2.30. The zero-order valence-corrected chi connectivity index (χ0v) is 10.3. The molecule has 0 heterocycles. The number of carbonyl (C=O) groups is 1. The van der Waals surface area contributed by atoms with Crippen LogP contribution < -0.4 is 0 Å². The van der Waals surface area contributed by atoms with Crippen LogP contribution in [0, 0.1) is 11.3 Å². The molecule has 0 aliphatic carbocycles. The Kier molecular flexibility index (Phi) is 4.66. The Hall–Kier alpha value is -1.18. The van der Waals surface area contributed by atoms with E-state index in [9.17, 15) is 4.79 Å². The smallest absolute Gasteiger partial charge is 0.309 e. The highest BCUT2D eigenvalue weighted by Gasteiger charge is 2.10. The van der Waals surface area contributed by atoms with Crippen molar-refractivity contribution < 1.29 is 9.53 Å². The van der Waals surface area contributed by atoms with Crippen LogP contribution >= 0.6 is 24.2 Å². The van der Waals surface area contributed by atoms with Crippen molar-refractivity contribution in [3.63, 3.8) is 0 Å². The standard InChI is InChI=1S/C11H10ClNO2S/c1-15-11(14)4-7-2-8(6-13)9(5-12)10(16)3-7/h2-3,16H,4-5H2,1H3. The van der Waals surface area contributed by atoms with Crippen LogP contribution in [0.25, 0.3) is 0 Å². The van der Waals surface area contributed by atoms with Gasteiger partial charge in [-0.1, -0.05) is 0 Å². The minimum atomic E-state index is -0.352. The van der Waals surface area contributed by atoms with E-state index in [1.165, 1.54) is 7.11 Å². The molecule has 5 heteroatoms. The molecule has 84 valence electrons. The molecule has 1 aromatic rings. The van der Waals surface area contributed by atoms with Crippen molar-refractivity contribution in [1.82, 2.24) is 0 Å². The maximum atomic E-state index is 11.1. The Bertz CT molecular complexity index is 454. The van der Waals surface area contributed by atoms with Crippen molar-refractivity contribution in [2.45, 2.75) is 17.2 Å². The lowest BCUT2D eigenvalue weighted by atomic mass is 10.0. The molecule has 0 N–H and O–H groups in total. The zero-order valence-electron chi connectivity index (χ0n) is 8.66. The van der Waals surface area contributed by atoms with Crippen molar-refractivity contribution in [3.05, 3.63) is 28.8 Å². The van der Waals surface area contributed by atoms with Crippen LogP contribution in [0.15, 0.2) is 17.0 Å². The fourth-order valence-electron chi connectivity index (χ4n) is 1.30. The fourth-order valence-corrected chi connectivity index (χ4v) is 2.04. The number of rotatable bonds is 3. The summed E-state index contributed by atoms with van der Waals surface area (Å²) < 4.78 is 4.55. The highest BCUT2D eigenvalue weighted by Crippen LogP contribution is 2.23. The van der Waals surface area contributed by atoms with Crippen LogP contribution in [-0.2, 0) is 21.8 Å². The minimum Gasteiger partial charge on any atom is -0.469 e. The number of hydrogen-bond donors (Lipinski definition) is 1. The Morgan fingerprint density at radius 3 is 2.81 bits per heavy atom. The molecule has 0 saturated carbocycles. The summed E-state index contributed by atoms with van der Waals surface area (Å²) in [5, 5.41) is 8.93. The van der Waals surface area contributed by atoms with E-state index in [1.807, 2.05) is 6.07 Å². The Morgan fingerprint density at radius 2 is 2.31 bits per heavy atom. The number of thiol groups is 1. The number of esters is 1. The number of halogens is 1. The summed E-state index contributed by atoms with van der Waals surface area (Å²) >= 11 is 9.95. The average molecular weight is 256 g/mol. The Morgan fingerprint density at radius 1 is 1.62 bits per heavy atom. The van der Waals surface area contributed by atoms with Crippen LogP contribution in [0.5, 0.6) is 0 Å². The van der Waals surface area contributed by atoms with Gasteiger partial charge < -0.3 is 4.74 Å². The maximum absolute atomic E-state index is 11.1. The van der Waals surface area contributed by atoms with Crippen molar-refractivity contribution in [2.75, 3.05) is 7.11 Å². The molecule has 0 aromatic heterocycles. The molecular weight excluding hydrogens is 246 g/mol. The molecule has 16 heavy (non-hydrogen) atoms. The van der Waals surface area contributed by atoms with Gasteiger partial charge in [-0.2, -0.15) is 5.26 Å². The number of methoxy groups -OCH3 is 1. The molecule has 0 unspecified atom stereocenters. The number of carbonyl (C=O) groups excluding carboxylic acids is 1. The summed E-state index contributed by atoms with van der Waals surface area (Å²) in [6.07, 6.45) is 0.126. The van der Waals surface area contributed by atoms with E-state index in [0.29, 0.717) is 21.6 Å². The van der Waals surface area contributed by atoms with Gasteiger partial charge in [-0.05, 0) is 23.3 Å². The van der Waals surface area contributed by atoms with Gasteiger partial charge in [0.05, 0.1) is 25.2 Å². The summed E-state index contributed by atoms with van der Waals surface area (Å²) in [6.45, 7) is 0. The summed E-state index contributed by atoms with van der Waals surface area (Å²) in [6, 6.07) is 5.39. The van der Waals surface area contributed by atoms with Crippen molar-refractivity contribution >= 4 is 30.2 Å². The molecule has 0 aliphatic heterocycles. The second-order valence-corrected chi connectivity index (χ2v) is 3.89. The zero-order chi connectivity index (χ0) is 12.1. The van der Waals surface area contributed by atoms with Crippen molar-refractivity contribution in [1.29, 1.82) is 5.26 Å². The van der Waals surface area contributed by atoms with Crippen LogP contribution in [0.3, 0.4) is 0 Å². The largest absolute Gasteiger partial charge is 0.469 e. The highest BCUT2D eigenvalue weighted by atomic mass is 35.5. The molecule has 0 radical (unpaired) electrons. The number of benzene rings is 1. The molecule has 0 aliphatic rings. The highest BCUT2D eigenvalue weighted by molar-refractivity contribution is 7.80. The third-order valence-electron chi connectivity index (χ3n) is 2.12. The monoisotopic (exact) mass is 255 g/mol. The predicted molar refractivity (Wildman–Crippen MR) is 63.7 cm³/mol. The van der Waals surface area contributed by atoms with E-state index in [1.54, 1.807) is 12.1 Å². The molecule has 0 amide bonds. The van der Waals surface area contributed by atoms with Crippen LogP contribution in [0.4, 0.5) is 0 Å². The summed E-state index contributed by atoms with van der Waals surface area (Å²) in [4.78, 5) is 11.7. The lowest BCUT2D eigenvalue weighted by Crippen LogP contribution is -2.05. The van der Waals surface area contributed by atoms with Crippen molar-refractivity contribution in [3.8, 4) is 6.07 Å². The second kappa shape index (κ2) is 5.78.